The predicted molar refractivity (Wildman–Crippen MR) is 183 cm³/mol. The van der Waals surface area contributed by atoms with Gasteiger partial charge >= 0.3 is 6.09 Å². The highest BCUT2D eigenvalue weighted by Gasteiger charge is 2.35. The Balaban J connectivity index is 1.51. The van der Waals surface area contributed by atoms with Gasteiger partial charge in [-0.25, -0.2) is 14.2 Å². The maximum Gasteiger partial charge on any atom is 0.408 e. The van der Waals surface area contributed by atoms with Crippen LogP contribution in [-0.2, 0) is 25.7 Å². The fourth-order valence-corrected chi connectivity index (χ4v) is 5.35. The lowest BCUT2D eigenvalue weighted by Gasteiger charge is -2.33. The van der Waals surface area contributed by atoms with E-state index in [4.69, 9.17) is 9.47 Å². The Morgan fingerprint density at radius 2 is 1.67 bits per heavy atom. The molecule has 4 N–H and O–H groups in total. The summed E-state index contributed by atoms with van der Waals surface area (Å²) in [5.74, 6) is -0.376. The fraction of sp³-hybridized carbons (Fsp3) is 0.500. The van der Waals surface area contributed by atoms with E-state index < -0.39 is 47.3 Å². The number of piperidine rings is 1. The van der Waals surface area contributed by atoms with E-state index in [0.29, 0.717) is 24.6 Å². The van der Waals surface area contributed by atoms with Crippen LogP contribution in [0.3, 0.4) is 0 Å². The van der Waals surface area contributed by atoms with E-state index in [1.165, 1.54) is 32.3 Å². The molecule has 1 aromatic heterocycles. The van der Waals surface area contributed by atoms with Crippen molar-refractivity contribution in [1.29, 1.82) is 0 Å². The molecule has 3 atom stereocenters. The van der Waals surface area contributed by atoms with Crippen molar-refractivity contribution in [2.75, 3.05) is 25.0 Å². The number of hydrogen-bond donors (Lipinski definition) is 4. The standard InChI is InChI=1S/C36H49FN6O6/c1-24-16-18-42(19-17-24)32(45)30(26-12-14-27(37)15-13-26)43-20-29(38-23-43)40-31(44)28(22-48-21-25-10-8-7-9-11-25)39-33(46)36(5,6)41-34(47)49-35(2,3)4/h7-15,20,23-24,28,30-31,40,44H,16-19,21-22H2,1-6H3,(H,39,46)(H,41,47)/t28-,30?,31?/m1/s1. The molecular formula is C36H49FN6O6. The smallest absolute Gasteiger partial charge is 0.408 e. The number of aliphatic hydroxyl groups is 1. The Kier molecular flexibility index (Phi) is 12.4. The number of likely N-dealkylation sites (tertiary alicyclic amines) is 1. The number of aliphatic hydroxyl groups excluding tert-OH is 1. The number of rotatable bonds is 13. The minimum absolute atomic E-state index is 0.0951. The summed E-state index contributed by atoms with van der Waals surface area (Å²) < 4.78 is 26.7. The number of nitrogens with one attached hydrogen (secondary N) is 3. The maximum absolute atomic E-state index is 13.8. The summed E-state index contributed by atoms with van der Waals surface area (Å²) in [4.78, 5) is 45.9. The number of alkyl carbamates (subject to hydrolysis) is 1. The van der Waals surface area contributed by atoms with E-state index in [9.17, 15) is 23.9 Å². The van der Waals surface area contributed by atoms with Crippen LogP contribution >= 0.6 is 0 Å². The Bertz CT molecular complexity index is 1530. The molecule has 4 rings (SSSR count). The van der Waals surface area contributed by atoms with Crippen LogP contribution in [0.1, 0.15) is 71.6 Å². The monoisotopic (exact) mass is 680 g/mol. The van der Waals surface area contributed by atoms with E-state index in [2.05, 4.69) is 27.9 Å². The summed E-state index contributed by atoms with van der Waals surface area (Å²) in [6, 6.07) is 13.4. The lowest BCUT2D eigenvalue weighted by molar-refractivity contribution is -0.135. The summed E-state index contributed by atoms with van der Waals surface area (Å²) in [5.41, 5.74) is -0.675. The number of halogens is 1. The second kappa shape index (κ2) is 16.3. The number of carbonyl (C=O) groups is 3. The first kappa shape index (κ1) is 37.3. The van der Waals surface area contributed by atoms with Crippen molar-refractivity contribution >= 4 is 23.7 Å². The van der Waals surface area contributed by atoms with E-state index in [1.807, 2.05) is 35.2 Å². The van der Waals surface area contributed by atoms with Gasteiger partial charge in [-0.1, -0.05) is 49.4 Å². The average Bonchev–Trinajstić information content (AvgIpc) is 3.48. The Hall–Kier alpha value is -4.49. The molecule has 0 radical (unpaired) electrons. The van der Waals surface area contributed by atoms with E-state index >= 15 is 0 Å². The Labute approximate surface area is 287 Å². The second-order valence-electron chi connectivity index (χ2n) is 14.1. The number of amides is 3. The second-order valence-corrected chi connectivity index (χ2v) is 14.1. The van der Waals surface area contributed by atoms with Gasteiger partial charge in [0.1, 0.15) is 35.0 Å². The van der Waals surface area contributed by atoms with Gasteiger partial charge in [0.25, 0.3) is 0 Å². The number of anilines is 1. The normalized spacial score (nSPS) is 16.0. The zero-order valence-electron chi connectivity index (χ0n) is 29.1. The molecule has 0 saturated carbocycles. The van der Waals surface area contributed by atoms with Crippen molar-refractivity contribution in [2.24, 2.45) is 5.92 Å². The molecule has 3 amide bonds. The van der Waals surface area contributed by atoms with Gasteiger partial charge in [-0.2, -0.15) is 0 Å². The van der Waals surface area contributed by atoms with Crippen LogP contribution in [0.15, 0.2) is 67.1 Å². The molecule has 1 aliphatic heterocycles. The first-order valence-electron chi connectivity index (χ1n) is 16.6. The zero-order chi connectivity index (χ0) is 35.8. The Morgan fingerprint density at radius 1 is 1.02 bits per heavy atom. The van der Waals surface area contributed by atoms with E-state index in [0.717, 1.165) is 18.4 Å². The third kappa shape index (κ3) is 11.0. The number of carbonyl (C=O) groups excluding carboxylic acids is 3. The van der Waals surface area contributed by atoms with Crippen molar-refractivity contribution in [1.82, 2.24) is 25.1 Å². The summed E-state index contributed by atoms with van der Waals surface area (Å²) in [6.07, 6.45) is 2.69. The topological polar surface area (TPSA) is 147 Å². The van der Waals surface area contributed by atoms with Crippen LogP contribution in [0.5, 0.6) is 0 Å². The van der Waals surface area contributed by atoms with Crippen LogP contribution in [-0.4, -0.2) is 80.6 Å². The summed E-state index contributed by atoms with van der Waals surface area (Å²) >= 11 is 0. The number of ether oxygens (including phenoxy) is 2. The highest BCUT2D eigenvalue weighted by molar-refractivity contribution is 5.89. The number of imidazole rings is 1. The molecule has 1 saturated heterocycles. The van der Waals surface area contributed by atoms with Gasteiger partial charge < -0.3 is 40.0 Å². The SMILES string of the molecule is CC1CCN(C(=O)C(c2ccc(F)cc2)n2cnc(NC(O)[C@@H](COCc3ccccc3)NC(=O)C(C)(C)NC(=O)OC(C)(C)C)c2)CC1. The summed E-state index contributed by atoms with van der Waals surface area (Å²) in [7, 11) is 0. The summed E-state index contributed by atoms with van der Waals surface area (Å²) in [5, 5.41) is 19.6. The third-order valence-corrected chi connectivity index (χ3v) is 8.20. The molecule has 1 fully saturated rings. The molecule has 13 heteroatoms. The third-order valence-electron chi connectivity index (χ3n) is 8.20. The fourth-order valence-electron chi connectivity index (χ4n) is 5.35. The van der Waals surface area contributed by atoms with Crippen LogP contribution in [0.25, 0.3) is 0 Å². The molecule has 0 bridgehead atoms. The quantitative estimate of drug-likeness (QED) is 0.192. The molecule has 12 nitrogen and oxygen atoms in total. The number of benzene rings is 2. The van der Waals surface area contributed by atoms with Gasteiger partial charge in [0.05, 0.1) is 25.6 Å². The first-order valence-corrected chi connectivity index (χ1v) is 16.6. The van der Waals surface area contributed by atoms with Crippen LogP contribution in [0.4, 0.5) is 15.0 Å². The van der Waals surface area contributed by atoms with Gasteiger partial charge in [-0.15, -0.1) is 0 Å². The minimum atomic E-state index is -1.41. The van der Waals surface area contributed by atoms with Crippen LogP contribution < -0.4 is 16.0 Å². The largest absolute Gasteiger partial charge is 0.444 e. The Morgan fingerprint density at radius 3 is 2.31 bits per heavy atom. The van der Waals surface area contributed by atoms with Gasteiger partial charge in [-0.05, 0) is 76.6 Å². The predicted octanol–water partition coefficient (Wildman–Crippen LogP) is 4.61. The van der Waals surface area contributed by atoms with Crippen molar-refractivity contribution < 1.29 is 33.4 Å². The molecule has 0 spiro atoms. The minimum Gasteiger partial charge on any atom is -0.444 e. The molecule has 0 aliphatic carbocycles. The molecule has 2 heterocycles. The molecule has 2 aromatic carbocycles. The first-order chi connectivity index (χ1) is 23.1. The van der Waals surface area contributed by atoms with Gasteiger partial charge in [0.15, 0.2) is 0 Å². The van der Waals surface area contributed by atoms with Crippen molar-refractivity contribution in [3.8, 4) is 0 Å². The van der Waals surface area contributed by atoms with Crippen molar-refractivity contribution in [3.05, 3.63) is 84.1 Å². The van der Waals surface area contributed by atoms with E-state index in [-0.39, 0.29) is 24.9 Å². The average molecular weight is 681 g/mol. The molecule has 49 heavy (non-hydrogen) atoms. The molecule has 1 aliphatic rings. The number of aromatic nitrogens is 2. The molecule has 266 valence electrons. The van der Waals surface area contributed by atoms with Gasteiger partial charge in [0, 0.05) is 19.3 Å². The highest BCUT2D eigenvalue weighted by Crippen LogP contribution is 2.26. The van der Waals surface area contributed by atoms with Gasteiger partial charge in [0.2, 0.25) is 11.8 Å². The molecule has 2 unspecified atom stereocenters. The van der Waals surface area contributed by atoms with Crippen molar-refractivity contribution in [2.45, 2.75) is 90.4 Å². The van der Waals surface area contributed by atoms with E-state index in [1.54, 1.807) is 43.7 Å². The lowest BCUT2D eigenvalue weighted by Crippen LogP contribution is -2.60. The van der Waals surface area contributed by atoms with Gasteiger partial charge in [-0.3, -0.25) is 9.59 Å². The molecular weight excluding hydrogens is 631 g/mol. The summed E-state index contributed by atoms with van der Waals surface area (Å²) in [6.45, 7) is 11.7. The van der Waals surface area contributed by atoms with Crippen molar-refractivity contribution in [3.63, 3.8) is 0 Å². The zero-order valence-corrected chi connectivity index (χ0v) is 29.1. The highest BCUT2D eigenvalue weighted by atomic mass is 19.1. The number of nitrogens with zero attached hydrogens (tertiary/aromatic N) is 3. The number of hydrogen-bond acceptors (Lipinski definition) is 8. The van der Waals surface area contributed by atoms with Crippen LogP contribution in [0.2, 0.25) is 0 Å². The van der Waals surface area contributed by atoms with Crippen LogP contribution in [0, 0.1) is 11.7 Å². The maximum atomic E-state index is 13.8. The lowest BCUT2D eigenvalue weighted by atomic mass is 9.97. The molecule has 3 aromatic rings.